The Bertz CT molecular complexity index is 1310. The van der Waals surface area contributed by atoms with Gasteiger partial charge in [-0.1, -0.05) is 35.9 Å². The number of benzene rings is 2. The first-order chi connectivity index (χ1) is 15.0. The van der Waals surface area contributed by atoms with Crippen molar-refractivity contribution in [2.24, 2.45) is 7.05 Å². The minimum absolute atomic E-state index is 0.293. The van der Waals surface area contributed by atoms with Crippen molar-refractivity contribution in [3.8, 4) is 11.1 Å². The van der Waals surface area contributed by atoms with E-state index < -0.39 is 5.97 Å². The number of esters is 1. The summed E-state index contributed by atoms with van der Waals surface area (Å²) >= 11 is 6.72. The second-order valence-corrected chi connectivity index (χ2v) is 8.07. The highest BCUT2D eigenvalue weighted by Crippen LogP contribution is 2.41. The lowest BCUT2D eigenvalue weighted by molar-refractivity contribution is 0.0594. The van der Waals surface area contributed by atoms with Crippen molar-refractivity contribution < 1.29 is 9.53 Å². The Morgan fingerprint density at radius 3 is 2.81 bits per heavy atom. The van der Waals surface area contributed by atoms with E-state index in [1.807, 2.05) is 49.8 Å². The monoisotopic (exact) mass is 432 g/mol. The number of ether oxygens (including phenoxy) is 1. The molecule has 4 aromatic rings. The molecule has 0 spiro atoms. The first-order valence-electron chi connectivity index (χ1n) is 10.1. The Labute approximate surface area is 185 Å². The Hall–Kier alpha value is -3.38. The van der Waals surface area contributed by atoms with Crippen LogP contribution >= 0.6 is 11.6 Å². The topological polar surface area (TPSA) is 60.2 Å². The van der Waals surface area contributed by atoms with Crippen molar-refractivity contribution in [2.45, 2.75) is 12.8 Å². The number of nitrogens with zero attached hydrogens (tertiary/aromatic N) is 4. The summed E-state index contributed by atoms with van der Waals surface area (Å²) in [6, 6.07) is 13.9. The molecule has 1 aliphatic rings. The normalized spacial score (nSPS) is 13.3. The molecular weight excluding hydrogens is 412 g/mol. The molecule has 7 heteroatoms. The number of carbonyl (C=O) groups excluding carboxylic acids is 1. The second-order valence-electron chi connectivity index (χ2n) is 7.66. The fourth-order valence-corrected chi connectivity index (χ4v) is 4.47. The van der Waals surface area contributed by atoms with Gasteiger partial charge in [-0.15, -0.1) is 0 Å². The lowest BCUT2D eigenvalue weighted by Crippen LogP contribution is -2.26. The molecule has 0 N–H and O–H groups in total. The summed E-state index contributed by atoms with van der Waals surface area (Å²) in [4.78, 5) is 19.1. The first-order valence-corrected chi connectivity index (χ1v) is 10.5. The molecule has 0 bridgehead atoms. The predicted octanol–water partition coefficient (Wildman–Crippen LogP) is 5.16. The minimum atomic E-state index is -0.450. The summed E-state index contributed by atoms with van der Waals surface area (Å²) < 4.78 is 6.70. The van der Waals surface area contributed by atoms with E-state index in [9.17, 15) is 4.79 Å². The molecule has 2 aromatic heterocycles. The summed E-state index contributed by atoms with van der Waals surface area (Å²) in [6.07, 6.45) is 5.71. The number of hydrogen-bond acceptors (Lipinski definition) is 5. The zero-order chi connectivity index (χ0) is 21.5. The molecule has 2 aromatic carbocycles. The van der Waals surface area contributed by atoms with Gasteiger partial charge in [0.2, 0.25) is 0 Å². The molecule has 0 unspecified atom stereocenters. The summed E-state index contributed by atoms with van der Waals surface area (Å²) in [5, 5.41) is 6.85. The number of methoxy groups -OCH3 is 1. The third-order valence-corrected chi connectivity index (χ3v) is 5.99. The van der Waals surface area contributed by atoms with Gasteiger partial charge in [-0.2, -0.15) is 5.10 Å². The van der Waals surface area contributed by atoms with Crippen LogP contribution in [0.15, 0.2) is 54.9 Å². The van der Waals surface area contributed by atoms with Crippen molar-refractivity contribution in [3.63, 3.8) is 0 Å². The highest BCUT2D eigenvalue weighted by molar-refractivity contribution is 6.33. The van der Waals surface area contributed by atoms with Crippen LogP contribution in [0.2, 0.25) is 5.02 Å². The number of fused-ring (bicyclic) bond motifs is 2. The maximum atomic E-state index is 12.3. The fourth-order valence-electron chi connectivity index (χ4n) is 4.20. The van der Waals surface area contributed by atoms with Crippen molar-refractivity contribution in [2.75, 3.05) is 18.6 Å². The first kappa shape index (κ1) is 19.6. The molecule has 0 atom stereocenters. The van der Waals surface area contributed by atoms with Crippen LogP contribution in [0, 0.1) is 0 Å². The molecule has 0 saturated heterocycles. The molecule has 0 saturated carbocycles. The Morgan fingerprint density at radius 1 is 1.19 bits per heavy atom. The number of rotatable bonds is 3. The molecule has 0 aliphatic carbocycles. The number of carbonyl (C=O) groups is 1. The zero-order valence-electron chi connectivity index (χ0n) is 17.3. The van der Waals surface area contributed by atoms with E-state index in [1.165, 1.54) is 12.7 Å². The van der Waals surface area contributed by atoms with Crippen LogP contribution in [0.4, 0.5) is 11.5 Å². The lowest BCUT2D eigenvalue weighted by Gasteiger charge is -2.32. The van der Waals surface area contributed by atoms with Gasteiger partial charge in [0, 0.05) is 42.0 Å². The summed E-state index contributed by atoms with van der Waals surface area (Å²) in [7, 11) is 3.26. The lowest BCUT2D eigenvalue weighted by atomic mass is 9.96. The number of hydrogen-bond donors (Lipinski definition) is 0. The van der Waals surface area contributed by atoms with Crippen molar-refractivity contribution in [1.29, 1.82) is 0 Å². The van der Waals surface area contributed by atoms with Gasteiger partial charge in [0.25, 0.3) is 0 Å². The Morgan fingerprint density at radius 2 is 2.03 bits per heavy atom. The van der Waals surface area contributed by atoms with E-state index >= 15 is 0 Å². The van der Waals surface area contributed by atoms with Gasteiger partial charge in [0.05, 0.1) is 18.3 Å². The molecule has 5 rings (SSSR count). The van der Waals surface area contributed by atoms with E-state index in [0.717, 1.165) is 52.8 Å². The highest BCUT2D eigenvalue weighted by Gasteiger charge is 2.25. The van der Waals surface area contributed by atoms with Gasteiger partial charge in [0.1, 0.15) is 5.82 Å². The van der Waals surface area contributed by atoms with Crippen molar-refractivity contribution >= 4 is 39.8 Å². The highest BCUT2D eigenvalue weighted by atomic mass is 35.5. The van der Waals surface area contributed by atoms with Crippen LogP contribution in [-0.2, 0) is 18.2 Å². The second kappa shape index (κ2) is 7.71. The molecule has 156 valence electrons. The zero-order valence-corrected chi connectivity index (χ0v) is 18.1. The van der Waals surface area contributed by atoms with Crippen LogP contribution in [-0.4, -0.2) is 34.4 Å². The minimum Gasteiger partial charge on any atom is -0.464 e. The maximum Gasteiger partial charge on any atom is 0.356 e. The fraction of sp³-hybridized carbons (Fsp3) is 0.208. The van der Waals surface area contributed by atoms with Crippen LogP contribution < -0.4 is 4.90 Å². The molecule has 1 aliphatic heterocycles. The van der Waals surface area contributed by atoms with Gasteiger partial charge < -0.3 is 9.64 Å². The van der Waals surface area contributed by atoms with Gasteiger partial charge >= 0.3 is 5.97 Å². The smallest absolute Gasteiger partial charge is 0.356 e. The molecule has 6 nitrogen and oxygen atoms in total. The van der Waals surface area contributed by atoms with Gasteiger partial charge in [-0.25, -0.2) is 9.78 Å². The molecule has 0 radical (unpaired) electrons. The molecule has 0 fully saturated rings. The number of anilines is 2. The van der Waals surface area contributed by atoms with E-state index in [-0.39, 0.29) is 0 Å². The number of halogens is 1. The third-order valence-electron chi connectivity index (χ3n) is 5.67. The van der Waals surface area contributed by atoms with Crippen LogP contribution in [0.25, 0.3) is 21.9 Å². The molecule has 3 heterocycles. The van der Waals surface area contributed by atoms with E-state index in [0.29, 0.717) is 10.7 Å². The van der Waals surface area contributed by atoms with Crippen molar-refractivity contribution in [3.05, 3.63) is 71.1 Å². The van der Waals surface area contributed by atoms with Crippen LogP contribution in [0.3, 0.4) is 0 Å². The average molecular weight is 433 g/mol. The van der Waals surface area contributed by atoms with E-state index in [2.05, 4.69) is 16.1 Å². The third kappa shape index (κ3) is 3.43. The standard InChI is InChI=1S/C24H21ClN4O2/c1-28-14-17(13-26-28)19-10-16-7-5-9-29(22(16)12-20(19)25)23-18-8-4-3-6-15(18)11-21(27-23)24(30)31-2/h3-4,6,8,10-14H,5,7,9H2,1-2H3. The van der Waals surface area contributed by atoms with Gasteiger partial charge in [-0.05, 0) is 42.0 Å². The Balaban J connectivity index is 1.68. The van der Waals surface area contributed by atoms with Crippen molar-refractivity contribution in [1.82, 2.24) is 14.8 Å². The molecular formula is C24H21ClN4O2. The Kier molecular flexibility index (Phi) is 4.87. The number of aromatic nitrogens is 3. The quantitative estimate of drug-likeness (QED) is 0.418. The molecule has 0 amide bonds. The SMILES string of the molecule is COC(=O)c1cc2ccccc2c(N2CCCc3cc(-c4cnn(C)c4)c(Cl)cc32)n1. The predicted molar refractivity (Wildman–Crippen MR) is 122 cm³/mol. The van der Waals surface area contributed by atoms with Crippen LogP contribution in [0.5, 0.6) is 0 Å². The van der Waals surface area contributed by atoms with Gasteiger partial charge in [-0.3, -0.25) is 4.68 Å². The summed E-state index contributed by atoms with van der Waals surface area (Å²) in [5.74, 6) is 0.291. The van der Waals surface area contributed by atoms with E-state index in [1.54, 1.807) is 10.7 Å². The largest absolute Gasteiger partial charge is 0.464 e. The van der Waals surface area contributed by atoms with E-state index in [4.69, 9.17) is 21.3 Å². The summed E-state index contributed by atoms with van der Waals surface area (Å²) in [6.45, 7) is 0.789. The van der Waals surface area contributed by atoms with Gasteiger partial charge in [0.15, 0.2) is 5.69 Å². The number of aryl methyl sites for hydroxylation is 2. The van der Waals surface area contributed by atoms with Crippen LogP contribution in [0.1, 0.15) is 22.5 Å². The summed E-state index contributed by atoms with van der Waals surface area (Å²) in [5.41, 5.74) is 4.47. The average Bonchev–Trinajstić information content (AvgIpc) is 3.23. The molecule has 31 heavy (non-hydrogen) atoms. The number of pyridine rings is 1. The maximum absolute atomic E-state index is 12.3.